The van der Waals surface area contributed by atoms with E-state index in [1.54, 1.807) is 0 Å². The minimum absolute atomic E-state index is 0.146. The summed E-state index contributed by atoms with van der Waals surface area (Å²) < 4.78 is 58.9. The lowest BCUT2D eigenvalue weighted by molar-refractivity contribution is -0.167. The topological polar surface area (TPSA) is 78.9 Å². The van der Waals surface area contributed by atoms with Gasteiger partial charge in [-0.05, 0) is 103 Å². The summed E-state index contributed by atoms with van der Waals surface area (Å²) in [5.74, 6) is -2.99. The first-order valence-corrected chi connectivity index (χ1v) is 27.1. The Balaban J connectivity index is 5.04. The number of allylic oxidation sites excluding steroid dienone is 8. The predicted octanol–water partition coefficient (Wildman–Crippen LogP) is 18.3. The lowest BCUT2D eigenvalue weighted by Gasteiger charge is -2.18. The van der Waals surface area contributed by atoms with Gasteiger partial charge in [0.05, 0.1) is 6.85 Å². The van der Waals surface area contributed by atoms with Crippen LogP contribution in [-0.4, -0.2) is 37.1 Å². The fourth-order valence-electron chi connectivity index (χ4n) is 7.47. The Morgan fingerprint density at radius 2 is 0.609 bits per heavy atom. The highest BCUT2D eigenvalue weighted by Gasteiger charge is 2.19. The molecule has 0 atom stereocenters. The van der Waals surface area contributed by atoms with Gasteiger partial charge in [0, 0.05) is 19.3 Å². The Morgan fingerprint density at radius 1 is 0.359 bits per heavy atom. The van der Waals surface area contributed by atoms with E-state index in [2.05, 4.69) is 69.4 Å². The van der Waals surface area contributed by atoms with Crippen molar-refractivity contribution < 1.29 is 35.4 Å². The summed E-state index contributed by atoms with van der Waals surface area (Å²) in [6, 6.07) is 0. The highest BCUT2D eigenvalue weighted by molar-refractivity contribution is 5.71. The van der Waals surface area contributed by atoms with E-state index in [-0.39, 0.29) is 19.3 Å². The summed E-state index contributed by atoms with van der Waals surface area (Å²) in [6.45, 7) is -0.249. The van der Waals surface area contributed by atoms with Crippen LogP contribution in [0.3, 0.4) is 0 Å². The fraction of sp³-hybridized carbons (Fsp3) is 0.810. The van der Waals surface area contributed by atoms with Crippen molar-refractivity contribution in [3.05, 3.63) is 48.6 Å². The maximum absolute atomic E-state index is 13.2. The molecule has 0 bridgehead atoms. The van der Waals surface area contributed by atoms with Gasteiger partial charge in [0.1, 0.15) is 13.1 Å². The van der Waals surface area contributed by atoms with Gasteiger partial charge >= 0.3 is 17.9 Å². The van der Waals surface area contributed by atoms with Crippen LogP contribution >= 0.6 is 0 Å². The monoisotopic (exact) mass is 902 g/mol. The third-order valence-electron chi connectivity index (χ3n) is 11.6. The SMILES string of the molecule is [2H]C([2H])(OC(=O)CCCCCCC/C=C/CCCCCCCC)C([2H])(OC(=O)CCCCCCCC/C=C/C/C=C/CCCCC)C([2H])([2H])OC(=O)CCCCCCC/C=C/CCCCCCCC. The van der Waals surface area contributed by atoms with Crippen molar-refractivity contribution in [1.82, 2.24) is 0 Å². The third-order valence-corrected chi connectivity index (χ3v) is 11.6. The van der Waals surface area contributed by atoms with E-state index >= 15 is 0 Å². The van der Waals surface area contributed by atoms with Crippen molar-refractivity contribution in [1.29, 1.82) is 0 Å². The van der Waals surface area contributed by atoms with Gasteiger partial charge < -0.3 is 14.2 Å². The Hall–Kier alpha value is -2.63. The summed E-state index contributed by atoms with van der Waals surface area (Å²) >= 11 is 0. The Morgan fingerprint density at radius 3 is 0.953 bits per heavy atom. The van der Waals surface area contributed by atoms with Crippen LogP contribution in [0, 0.1) is 0 Å². The van der Waals surface area contributed by atoms with E-state index in [1.807, 2.05) is 0 Å². The molecule has 6 heteroatoms. The van der Waals surface area contributed by atoms with Gasteiger partial charge in [-0.25, -0.2) is 0 Å². The van der Waals surface area contributed by atoms with Crippen LogP contribution in [0.2, 0.25) is 0 Å². The van der Waals surface area contributed by atoms with E-state index in [0.717, 1.165) is 122 Å². The molecule has 0 N–H and O–H groups in total. The molecular formula is C58H104O6. The smallest absolute Gasteiger partial charge is 0.306 e. The molecule has 0 spiro atoms. The van der Waals surface area contributed by atoms with Gasteiger partial charge in [-0.1, -0.05) is 211 Å². The standard InChI is InChI=1S/C58H104O6/c1-4-7-10-13-16-19-22-25-28-31-34-37-40-43-46-49-52-58(61)64-55(53-62-56(59)50-47-44-41-38-35-32-29-26-23-20-17-14-11-8-5-2)54-63-57(60)51-48-45-42-39-36-33-30-27-24-21-18-15-12-9-6-3/h16,19,25-30,55H,4-15,17-18,20-24,31-54H2,1-3H3/b19-16+,28-25+,29-26+,30-27+/i53D2,54D2,55D. The Labute approximate surface area is 404 Å². The largest absolute Gasteiger partial charge is 0.462 e. The molecule has 0 aliphatic rings. The van der Waals surface area contributed by atoms with Gasteiger partial charge in [0.25, 0.3) is 0 Å². The number of ether oxygens (including phenoxy) is 3. The highest BCUT2D eigenvalue weighted by atomic mass is 16.6. The maximum Gasteiger partial charge on any atom is 0.306 e. The zero-order valence-corrected chi connectivity index (χ0v) is 42.1. The third kappa shape index (κ3) is 50.4. The quantitative estimate of drug-likeness (QED) is 0.0262. The number of rotatable bonds is 50. The first-order chi connectivity index (χ1) is 33.4. The second kappa shape index (κ2) is 53.0. The summed E-state index contributed by atoms with van der Waals surface area (Å²) in [6.07, 6.45) is 54.0. The molecule has 0 saturated carbocycles. The van der Waals surface area contributed by atoms with Crippen molar-refractivity contribution in [3.63, 3.8) is 0 Å². The summed E-state index contributed by atoms with van der Waals surface area (Å²) in [5, 5.41) is 0. The molecule has 64 heavy (non-hydrogen) atoms. The van der Waals surface area contributed by atoms with Gasteiger partial charge in [-0.15, -0.1) is 0 Å². The number of hydrogen-bond donors (Lipinski definition) is 0. The molecule has 0 rings (SSSR count). The lowest BCUT2D eigenvalue weighted by atomic mass is 10.1. The summed E-state index contributed by atoms with van der Waals surface area (Å²) in [5.41, 5.74) is 0. The van der Waals surface area contributed by atoms with E-state index in [9.17, 15) is 14.4 Å². The summed E-state index contributed by atoms with van der Waals surface area (Å²) in [7, 11) is 0. The van der Waals surface area contributed by atoms with Crippen LogP contribution in [-0.2, 0) is 28.6 Å². The summed E-state index contributed by atoms with van der Waals surface area (Å²) in [4.78, 5) is 39.0. The molecule has 0 aromatic heterocycles. The van der Waals surface area contributed by atoms with E-state index in [4.69, 9.17) is 21.1 Å². The van der Waals surface area contributed by atoms with Crippen molar-refractivity contribution >= 4 is 17.9 Å². The lowest BCUT2D eigenvalue weighted by Crippen LogP contribution is -2.30. The molecule has 0 aromatic rings. The maximum atomic E-state index is 13.2. The minimum atomic E-state index is -3.51. The molecule has 0 aliphatic heterocycles. The number of hydrogen-bond acceptors (Lipinski definition) is 6. The molecule has 0 unspecified atom stereocenters. The average molecular weight is 902 g/mol. The molecule has 6 nitrogen and oxygen atoms in total. The van der Waals surface area contributed by atoms with Gasteiger partial charge in [-0.3, -0.25) is 14.4 Å². The van der Waals surface area contributed by atoms with E-state index in [0.29, 0.717) is 25.7 Å². The van der Waals surface area contributed by atoms with E-state index in [1.165, 1.54) is 96.3 Å². The van der Waals surface area contributed by atoms with Crippen LogP contribution in [0.25, 0.3) is 0 Å². The van der Waals surface area contributed by atoms with Crippen LogP contribution in [0.15, 0.2) is 48.6 Å². The molecule has 0 heterocycles. The molecule has 0 radical (unpaired) electrons. The molecule has 0 fully saturated rings. The van der Waals surface area contributed by atoms with Crippen molar-refractivity contribution in [3.8, 4) is 0 Å². The number of carbonyl (C=O) groups is 3. The second-order valence-corrected chi connectivity index (χ2v) is 18.0. The van der Waals surface area contributed by atoms with Gasteiger partial charge in [0.2, 0.25) is 0 Å². The molecule has 0 saturated heterocycles. The number of esters is 3. The molecule has 0 aliphatic carbocycles. The van der Waals surface area contributed by atoms with Crippen LogP contribution < -0.4 is 0 Å². The van der Waals surface area contributed by atoms with Crippen LogP contribution in [0.4, 0.5) is 0 Å². The predicted molar refractivity (Wildman–Crippen MR) is 275 cm³/mol. The zero-order chi connectivity index (χ0) is 51.0. The molecule has 372 valence electrons. The van der Waals surface area contributed by atoms with Gasteiger partial charge in [-0.2, -0.15) is 0 Å². The van der Waals surface area contributed by atoms with Crippen molar-refractivity contribution in [2.45, 2.75) is 290 Å². The zero-order valence-electron chi connectivity index (χ0n) is 47.1. The first-order valence-electron chi connectivity index (χ1n) is 29.6. The van der Waals surface area contributed by atoms with E-state index < -0.39 is 37.1 Å². The molecule has 0 amide bonds. The Bertz CT molecular complexity index is 1280. The average Bonchev–Trinajstić information content (AvgIpc) is 3.30. The van der Waals surface area contributed by atoms with Crippen LogP contribution in [0.5, 0.6) is 0 Å². The highest BCUT2D eigenvalue weighted by Crippen LogP contribution is 2.15. The van der Waals surface area contributed by atoms with Crippen molar-refractivity contribution in [2.24, 2.45) is 0 Å². The first kappa shape index (κ1) is 52.3. The van der Waals surface area contributed by atoms with Crippen LogP contribution in [0.1, 0.15) is 291 Å². The normalized spacial score (nSPS) is 13.7. The minimum Gasteiger partial charge on any atom is -0.462 e. The number of carbonyl (C=O) groups excluding carboxylic acids is 3. The number of unbranched alkanes of at least 4 members (excludes halogenated alkanes) is 31. The second-order valence-electron chi connectivity index (χ2n) is 18.0. The molecule has 0 aromatic carbocycles. The molecular weight excluding hydrogens is 793 g/mol. The fourth-order valence-corrected chi connectivity index (χ4v) is 7.47. The van der Waals surface area contributed by atoms with Crippen molar-refractivity contribution in [2.75, 3.05) is 13.1 Å². The van der Waals surface area contributed by atoms with Gasteiger partial charge in [0.15, 0.2) is 6.08 Å². The Kier molecular flexibility index (Phi) is 43.3.